The van der Waals surface area contributed by atoms with Crippen LogP contribution in [0, 0.1) is 0 Å². The summed E-state index contributed by atoms with van der Waals surface area (Å²) in [6, 6.07) is 11.5. The van der Waals surface area contributed by atoms with E-state index >= 15 is 0 Å². The lowest BCUT2D eigenvalue weighted by molar-refractivity contribution is -0.107. The van der Waals surface area contributed by atoms with Crippen LogP contribution >= 0.6 is 0 Å². The van der Waals surface area contributed by atoms with E-state index in [4.69, 9.17) is 23.7 Å². The zero-order valence-electron chi connectivity index (χ0n) is 18.2. The number of hydrogen-bond acceptors (Lipinski definition) is 6. The Morgan fingerprint density at radius 2 is 1.61 bits per heavy atom. The number of methoxy groups -OCH3 is 2. The summed E-state index contributed by atoms with van der Waals surface area (Å²) in [5.41, 5.74) is 2.33. The van der Waals surface area contributed by atoms with Gasteiger partial charge in [-0.2, -0.15) is 0 Å². The maximum atomic E-state index is 11.8. The number of carbonyl (C=O) groups excluding carboxylic acids is 1. The van der Waals surface area contributed by atoms with Crippen LogP contribution in [0.5, 0.6) is 28.7 Å². The Bertz CT molecular complexity index is 1140. The van der Waals surface area contributed by atoms with Gasteiger partial charge in [-0.05, 0) is 37.4 Å². The molecule has 7 heteroatoms. The SMILES string of the molecule is COc1cc(OC(C)C)c(-c2ccc3cc4c(cc3c2N(C)C=O)OCO4)cc1OC. The molecule has 0 atom stereocenters. The lowest BCUT2D eigenvalue weighted by Gasteiger charge is -2.23. The number of benzene rings is 3. The van der Waals surface area contributed by atoms with Gasteiger partial charge in [0.2, 0.25) is 13.2 Å². The predicted molar refractivity (Wildman–Crippen MR) is 119 cm³/mol. The fourth-order valence-corrected chi connectivity index (χ4v) is 3.77. The molecule has 1 aliphatic rings. The number of anilines is 1. The fraction of sp³-hybridized carbons (Fsp3) is 0.292. The van der Waals surface area contributed by atoms with Gasteiger partial charge in [0, 0.05) is 29.6 Å². The third-order valence-electron chi connectivity index (χ3n) is 5.13. The Morgan fingerprint density at radius 1 is 0.935 bits per heavy atom. The minimum absolute atomic E-state index is 0.0571. The zero-order valence-corrected chi connectivity index (χ0v) is 18.2. The van der Waals surface area contributed by atoms with Gasteiger partial charge in [0.15, 0.2) is 23.0 Å². The number of carbonyl (C=O) groups is 1. The summed E-state index contributed by atoms with van der Waals surface area (Å²) in [4.78, 5) is 13.4. The second-order valence-electron chi connectivity index (χ2n) is 7.47. The maximum Gasteiger partial charge on any atom is 0.231 e. The third-order valence-corrected chi connectivity index (χ3v) is 5.13. The lowest BCUT2D eigenvalue weighted by Crippen LogP contribution is -2.15. The molecule has 3 aromatic rings. The first kappa shape index (κ1) is 20.7. The van der Waals surface area contributed by atoms with Crippen molar-refractivity contribution in [3.8, 4) is 39.9 Å². The van der Waals surface area contributed by atoms with Crippen LogP contribution in [-0.4, -0.2) is 40.6 Å². The average Bonchev–Trinajstić information content (AvgIpc) is 3.23. The topological polar surface area (TPSA) is 66.5 Å². The highest BCUT2D eigenvalue weighted by molar-refractivity contribution is 6.07. The van der Waals surface area contributed by atoms with E-state index in [9.17, 15) is 4.79 Å². The summed E-state index contributed by atoms with van der Waals surface area (Å²) in [6.45, 7) is 4.10. The number of rotatable bonds is 7. The number of ether oxygens (including phenoxy) is 5. The van der Waals surface area contributed by atoms with Crippen molar-refractivity contribution in [3.63, 3.8) is 0 Å². The largest absolute Gasteiger partial charge is 0.493 e. The van der Waals surface area contributed by atoms with Crippen molar-refractivity contribution in [2.24, 2.45) is 0 Å². The van der Waals surface area contributed by atoms with Gasteiger partial charge in [0.25, 0.3) is 0 Å². The third kappa shape index (κ3) is 3.67. The van der Waals surface area contributed by atoms with Crippen LogP contribution in [0.2, 0.25) is 0 Å². The molecule has 1 heterocycles. The van der Waals surface area contributed by atoms with E-state index in [1.807, 2.05) is 50.2 Å². The van der Waals surface area contributed by atoms with Crippen molar-refractivity contribution in [2.75, 3.05) is 33.0 Å². The Kier molecular flexibility index (Phi) is 5.50. The van der Waals surface area contributed by atoms with E-state index in [-0.39, 0.29) is 12.9 Å². The van der Waals surface area contributed by atoms with Gasteiger partial charge < -0.3 is 28.6 Å². The molecule has 0 spiro atoms. The van der Waals surface area contributed by atoms with Gasteiger partial charge in [-0.3, -0.25) is 4.79 Å². The van der Waals surface area contributed by atoms with Gasteiger partial charge in [0.05, 0.1) is 26.0 Å². The van der Waals surface area contributed by atoms with Gasteiger partial charge in [-0.1, -0.05) is 12.1 Å². The Labute approximate surface area is 181 Å². The second kappa shape index (κ2) is 8.26. The summed E-state index contributed by atoms with van der Waals surface area (Å²) in [6.07, 6.45) is 0.727. The van der Waals surface area contributed by atoms with Crippen LogP contribution in [0.1, 0.15) is 13.8 Å². The normalized spacial score (nSPS) is 12.2. The second-order valence-corrected chi connectivity index (χ2v) is 7.47. The highest BCUT2D eigenvalue weighted by Gasteiger charge is 2.23. The molecule has 0 bridgehead atoms. The van der Waals surface area contributed by atoms with Crippen molar-refractivity contribution < 1.29 is 28.5 Å². The van der Waals surface area contributed by atoms with Gasteiger partial charge in [-0.25, -0.2) is 0 Å². The van der Waals surface area contributed by atoms with Gasteiger partial charge in [-0.15, -0.1) is 0 Å². The summed E-state index contributed by atoms with van der Waals surface area (Å²) < 4.78 is 28.2. The van der Waals surface area contributed by atoms with Crippen molar-refractivity contribution in [1.82, 2.24) is 0 Å². The molecule has 0 saturated heterocycles. The number of hydrogen-bond donors (Lipinski definition) is 0. The molecule has 0 unspecified atom stereocenters. The van der Waals surface area contributed by atoms with Gasteiger partial charge >= 0.3 is 0 Å². The van der Waals surface area contributed by atoms with Crippen molar-refractivity contribution in [2.45, 2.75) is 20.0 Å². The molecule has 0 aromatic heterocycles. The summed E-state index contributed by atoms with van der Waals surface area (Å²) >= 11 is 0. The first-order valence-corrected chi connectivity index (χ1v) is 9.94. The highest BCUT2D eigenvalue weighted by Crippen LogP contribution is 2.47. The molecule has 0 aliphatic carbocycles. The smallest absolute Gasteiger partial charge is 0.231 e. The van der Waals surface area contributed by atoms with Crippen molar-refractivity contribution in [1.29, 1.82) is 0 Å². The Morgan fingerprint density at radius 3 is 2.26 bits per heavy atom. The molecule has 0 N–H and O–H groups in total. The highest BCUT2D eigenvalue weighted by atomic mass is 16.7. The van der Waals surface area contributed by atoms with Crippen LogP contribution in [0.25, 0.3) is 21.9 Å². The summed E-state index contributed by atoms with van der Waals surface area (Å²) in [7, 11) is 4.89. The minimum Gasteiger partial charge on any atom is -0.493 e. The van der Waals surface area contributed by atoms with E-state index in [2.05, 4.69) is 0 Å². The molecule has 4 rings (SSSR count). The van der Waals surface area contributed by atoms with Crippen molar-refractivity contribution in [3.05, 3.63) is 36.4 Å². The monoisotopic (exact) mass is 423 g/mol. The molecule has 0 radical (unpaired) electrons. The molecule has 1 amide bonds. The first-order chi connectivity index (χ1) is 15.0. The lowest BCUT2D eigenvalue weighted by atomic mass is 9.96. The maximum absolute atomic E-state index is 11.8. The van der Waals surface area contributed by atoms with E-state index < -0.39 is 0 Å². The standard InChI is InChI=1S/C24H25NO6/c1-14(2)31-19-11-21(28-5)20(27-4)10-18(19)16-7-6-15-8-22-23(30-13-29-22)9-17(15)24(16)25(3)12-26/h6-12,14H,13H2,1-5H3. The van der Waals surface area contributed by atoms with Crippen LogP contribution in [0.3, 0.4) is 0 Å². The summed E-state index contributed by atoms with van der Waals surface area (Å²) in [5.74, 6) is 3.11. The van der Waals surface area contributed by atoms with Crippen molar-refractivity contribution >= 4 is 22.9 Å². The molecular weight excluding hydrogens is 398 g/mol. The molecule has 162 valence electrons. The van der Waals surface area contributed by atoms with Gasteiger partial charge in [0.1, 0.15) is 5.75 Å². The Balaban J connectivity index is 2.03. The fourth-order valence-electron chi connectivity index (χ4n) is 3.77. The van der Waals surface area contributed by atoms with Crippen LogP contribution in [0.15, 0.2) is 36.4 Å². The quantitative estimate of drug-likeness (QED) is 0.516. The minimum atomic E-state index is -0.0571. The zero-order chi connectivity index (χ0) is 22.1. The van der Waals surface area contributed by atoms with Crippen LogP contribution in [-0.2, 0) is 4.79 Å². The Hall–Kier alpha value is -3.61. The molecule has 31 heavy (non-hydrogen) atoms. The molecule has 3 aromatic carbocycles. The van der Waals surface area contributed by atoms with E-state index in [0.29, 0.717) is 28.7 Å². The predicted octanol–water partition coefficient (Wildman–Crippen LogP) is 4.63. The van der Waals surface area contributed by atoms with Crippen LogP contribution in [0.4, 0.5) is 5.69 Å². The molecule has 7 nitrogen and oxygen atoms in total. The number of fused-ring (bicyclic) bond motifs is 2. The average molecular weight is 423 g/mol. The number of nitrogens with zero attached hydrogens (tertiary/aromatic N) is 1. The van der Waals surface area contributed by atoms with E-state index in [1.165, 1.54) is 0 Å². The van der Waals surface area contributed by atoms with E-state index in [1.54, 1.807) is 26.2 Å². The van der Waals surface area contributed by atoms with E-state index in [0.717, 1.165) is 34.0 Å². The van der Waals surface area contributed by atoms with Crippen LogP contribution < -0.4 is 28.6 Å². The molecule has 0 fully saturated rings. The first-order valence-electron chi connectivity index (χ1n) is 9.94. The number of amides is 1. The molecule has 1 aliphatic heterocycles. The molecular formula is C24H25NO6. The summed E-state index contributed by atoms with van der Waals surface area (Å²) in [5, 5.41) is 1.80. The molecule has 0 saturated carbocycles.